The molecule has 2 aliphatic heterocycles. The fourth-order valence-corrected chi connectivity index (χ4v) is 8.45. The number of hydrogen-bond acceptors (Lipinski definition) is 11. The first-order chi connectivity index (χ1) is 28.5. The van der Waals surface area contributed by atoms with Crippen molar-refractivity contribution in [1.29, 1.82) is 0 Å². The van der Waals surface area contributed by atoms with Crippen LogP contribution in [0.2, 0.25) is 0 Å². The van der Waals surface area contributed by atoms with Crippen LogP contribution in [0.3, 0.4) is 0 Å². The summed E-state index contributed by atoms with van der Waals surface area (Å²) in [5.41, 5.74) is 8.74. The second-order valence-corrected chi connectivity index (χ2v) is 21.5. The van der Waals surface area contributed by atoms with E-state index in [0.717, 1.165) is 79.2 Å². The summed E-state index contributed by atoms with van der Waals surface area (Å²) in [4.78, 5) is 0. The van der Waals surface area contributed by atoms with E-state index < -0.39 is 67.4 Å². The highest BCUT2D eigenvalue weighted by atomic mass is 127. The lowest BCUT2D eigenvalue weighted by Gasteiger charge is -2.30. The van der Waals surface area contributed by atoms with Crippen LogP contribution in [0.25, 0.3) is 0 Å². The Kier molecular flexibility index (Phi) is 19.5. The standard InChI is InChI=1S/C20H23F2IN2O4S.C19H21F2IN2O2.C2H6O2S/c1-30(27,28)25-18(8-12-6-13(21)9-14(22)7-12)19(26)11-24-17-4-5-29-20-3-2-15(23)10-16(17)20;20-12-5-11(6-13(21)8-12)7-16(23)18(25)10-24-17-3-4-26-19-2-1-14(22)9-15(17)19;1-5(2,3)4/h2-3,6-7,9-10,17-19,24-26H,4-5,8,11H2,1H3;1-2,5-6,8-9,16-18,24-25H,3-4,7,10,23H2;1-2H3/t17-,18-,19+;16-,17-,18+;/m00./s1. The van der Waals surface area contributed by atoms with Gasteiger partial charge in [0.2, 0.25) is 10.0 Å². The van der Waals surface area contributed by atoms with E-state index >= 15 is 0 Å². The first-order valence-electron chi connectivity index (χ1n) is 19.0. The lowest BCUT2D eigenvalue weighted by molar-refractivity contribution is 0.127. The van der Waals surface area contributed by atoms with Gasteiger partial charge in [-0.1, -0.05) is 0 Å². The molecule has 0 bridgehead atoms. The molecule has 0 amide bonds. The van der Waals surface area contributed by atoms with Crippen molar-refractivity contribution in [3.63, 3.8) is 0 Å². The predicted molar refractivity (Wildman–Crippen MR) is 243 cm³/mol. The van der Waals surface area contributed by atoms with E-state index in [2.05, 4.69) is 66.6 Å². The van der Waals surface area contributed by atoms with Crippen LogP contribution in [-0.2, 0) is 32.7 Å². The maximum absolute atomic E-state index is 13.5. The third-order valence-electron chi connectivity index (χ3n) is 9.27. The molecule has 12 nitrogen and oxygen atoms in total. The molecule has 4 aromatic carbocycles. The van der Waals surface area contributed by atoms with E-state index in [1.54, 1.807) is 0 Å². The Bertz CT molecular complexity index is 2270. The van der Waals surface area contributed by atoms with E-state index in [-0.39, 0.29) is 43.6 Å². The van der Waals surface area contributed by atoms with Gasteiger partial charge in [-0.25, -0.2) is 39.1 Å². The van der Waals surface area contributed by atoms with Crippen LogP contribution in [0.4, 0.5) is 17.6 Å². The molecule has 336 valence electrons. The SMILES string of the molecule is CS(=O)(=O)N[C@@H](Cc1cc(F)cc(F)c1)[C@H](O)CN[C@H]1CCOc2ccc(I)cc21.CS(C)(=O)=O.N[C@@H](Cc1cc(F)cc(F)c1)[C@H](O)CN[C@H]1CCOc2ccc(I)cc21. The first-order valence-corrected chi connectivity index (χ1v) is 25.3. The molecule has 2 aliphatic rings. The molecule has 6 atom stereocenters. The zero-order valence-electron chi connectivity index (χ0n) is 33.6. The van der Waals surface area contributed by atoms with Gasteiger partial charge in [-0.3, -0.25) is 0 Å². The Morgan fingerprint density at radius 3 is 1.48 bits per heavy atom. The Morgan fingerprint density at radius 1 is 0.672 bits per heavy atom. The van der Waals surface area contributed by atoms with Gasteiger partial charge in [0.05, 0.1) is 37.7 Å². The average molecular weight is 1120 g/mol. The van der Waals surface area contributed by atoms with Crippen molar-refractivity contribution in [3.05, 3.63) is 125 Å². The highest BCUT2D eigenvalue weighted by Crippen LogP contribution is 2.34. The van der Waals surface area contributed by atoms with Crippen molar-refractivity contribution < 1.29 is 54.1 Å². The minimum Gasteiger partial charge on any atom is -0.493 e. The van der Waals surface area contributed by atoms with Crippen LogP contribution in [0, 0.1) is 30.4 Å². The van der Waals surface area contributed by atoms with Crippen LogP contribution in [-0.4, -0.2) is 96.4 Å². The van der Waals surface area contributed by atoms with Crippen LogP contribution >= 0.6 is 45.2 Å². The number of aliphatic hydroxyl groups is 2. The van der Waals surface area contributed by atoms with Crippen molar-refractivity contribution in [2.75, 3.05) is 45.1 Å². The quantitative estimate of drug-likeness (QED) is 0.0731. The van der Waals surface area contributed by atoms with E-state index in [1.807, 2.05) is 30.3 Å². The molecule has 0 unspecified atom stereocenters. The van der Waals surface area contributed by atoms with Gasteiger partial charge in [0, 0.05) is 87.0 Å². The molecule has 2 heterocycles. The normalized spacial score (nSPS) is 18.0. The van der Waals surface area contributed by atoms with Crippen molar-refractivity contribution in [2.45, 2.75) is 62.1 Å². The average Bonchev–Trinajstić information content (AvgIpc) is 3.14. The van der Waals surface area contributed by atoms with Gasteiger partial charge in [-0.05, 0) is 130 Å². The summed E-state index contributed by atoms with van der Waals surface area (Å²) in [5, 5.41) is 27.6. The number of benzene rings is 4. The Labute approximate surface area is 381 Å². The largest absolute Gasteiger partial charge is 0.493 e. The van der Waals surface area contributed by atoms with E-state index in [1.165, 1.54) is 12.1 Å². The number of sulfone groups is 1. The number of ether oxygens (including phenoxy) is 2. The fourth-order valence-electron chi connectivity index (χ4n) is 6.63. The van der Waals surface area contributed by atoms with E-state index in [0.29, 0.717) is 25.2 Å². The molecular formula is C41H50F4I2N4O8S2. The summed E-state index contributed by atoms with van der Waals surface area (Å²) < 4.78 is 112. The number of fused-ring (bicyclic) bond motifs is 2. The minimum absolute atomic E-state index is 0.0626. The van der Waals surface area contributed by atoms with Gasteiger partial charge < -0.3 is 36.1 Å². The van der Waals surface area contributed by atoms with E-state index in [9.17, 15) is 44.6 Å². The third-order valence-corrected chi connectivity index (χ3v) is 11.3. The zero-order chi connectivity index (χ0) is 45.1. The van der Waals surface area contributed by atoms with Crippen molar-refractivity contribution in [3.8, 4) is 11.5 Å². The summed E-state index contributed by atoms with van der Waals surface area (Å²) >= 11 is 4.46. The lowest BCUT2D eigenvalue weighted by Crippen LogP contribution is -2.49. The number of nitrogens with one attached hydrogen (secondary N) is 3. The summed E-state index contributed by atoms with van der Waals surface area (Å²) in [6, 6.07) is 16.5. The number of nitrogens with two attached hydrogens (primary N) is 1. The highest BCUT2D eigenvalue weighted by molar-refractivity contribution is 14.1. The maximum atomic E-state index is 13.5. The van der Waals surface area contributed by atoms with E-state index in [4.69, 9.17) is 15.2 Å². The summed E-state index contributed by atoms with van der Waals surface area (Å²) in [5.74, 6) is -1.19. The first kappa shape index (κ1) is 51.0. The molecule has 0 radical (unpaired) electrons. The molecule has 0 saturated carbocycles. The fraction of sp³-hybridized carbons (Fsp3) is 0.415. The molecule has 61 heavy (non-hydrogen) atoms. The van der Waals surface area contributed by atoms with Gasteiger partial charge in [0.15, 0.2) is 0 Å². The van der Waals surface area contributed by atoms with Crippen molar-refractivity contribution >= 4 is 65.0 Å². The van der Waals surface area contributed by atoms with Crippen LogP contribution in [0.5, 0.6) is 11.5 Å². The molecule has 4 aromatic rings. The number of sulfonamides is 1. The Hall–Kier alpha value is -2.68. The highest BCUT2D eigenvalue weighted by Gasteiger charge is 2.28. The molecule has 0 spiro atoms. The molecule has 0 fully saturated rings. The maximum Gasteiger partial charge on any atom is 0.209 e. The van der Waals surface area contributed by atoms with Crippen molar-refractivity contribution in [2.24, 2.45) is 5.73 Å². The topological polar surface area (TPSA) is 189 Å². The van der Waals surface area contributed by atoms with Gasteiger partial charge in [0.1, 0.15) is 44.6 Å². The molecule has 0 aliphatic carbocycles. The zero-order valence-corrected chi connectivity index (χ0v) is 39.5. The number of hydrogen-bond donors (Lipinski definition) is 6. The summed E-state index contributed by atoms with van der Waals surface area (Å²) in [6.07, 6.45) is 2.95. The summed E-state index contributed by atoms with van der Waals surface area (Å²) in [7, 11) is -6.32. The Balaban J connectivity index is 0.000000244. The second kappa shape index (κ2) is 23.3. The third kappa shape index (κ3) is 18.1. The number of rotatable bonds is 14. The van der Waals surface area contributed by atoms with Gasteiger partial charge in [-0.15, -0.1) is 0 Å². The minimum atomic E-state index is -3.65. The molecule has 6 rings (SSSR count). The number of halogens is 6. The smallest absolute Gasteiger partial charge is 0.209 e. The predicted octanol–water partition coefficient (Wildman–Crippen LogP) is 5.08. The van der Waals surface area contributed by atoms with Crippen LogP contribution in [0.15, 0.2) is 72.8 Å². The lowest BCUT2D eigenvalue weighted by atomic mass is 9.98. The molecule has 7 N–H and O–H groups in total. The van der Waals surface area contributed by atoms with Crippen LogP contribution < -0.4 is 30.6 Å². The van der Waals surface area contributed by atoms with Gasteiger partial charge in [0.25, 0.3) is 0 Å². The van der Waals surface area contributed by atoms with Gasteiger partial charge in [-0.2, -0.15) is 0 Å². The monoisotopic (exact) mass is 1120 g/mol. The molecule has 0 saturated heterocycles. The Morgan fingerprint density at radius 2 is 1.07 bits per heavy atom. The number of aliphatic hydroxyl groups excluding tert-OH is 2. The summed E-state index contributed by atoms with van der Waals surface area (Å²) in [6.45, 7) is 1.50. The second-order valence-electron chi connectivity index (χ2n) is 15.0. The molecular weight excluding hydrogens is 1070 g/mol. The van der Waals surface area contributed by atoms with Gasteiger partial charge >= 0.3 is 0 Å². The van der Waals surface area contributed by atoms with Crippen LogP contribution in [0.1, 0.15) is 47.2 Å². The molecule has 0 aromatic heterocycles. The molecule has 20 heteroatoms. The van der Waals surface area contributed by atoms with Crippen molar-refractivity contribution in [1.82, 2.24) is 15.4 Å².